The van der Waals surface area contributed by atoms with E-state index in [4.69, 9.17) is 4.74 Å². The number of carbonyl (C=O) groups is 1. The van der Waals surface area contributed by atoms with Gasteiger partial charge in [0.1, 0.15) is 0 Å². The molecular formula is C21H29N3O2. The number of benzene rings is 1. The summed E-state index contributed by atoms with van der Waals surface area (Å²) in [5.74, 6) is 0. The first-order valence-corrected chi connectivity index (χ1v) is 9.72. The second kappa shape index (κ2) is 8.09. The molecule has 5 nitrogen and oxygen atoms in total. The number of nitriles is 1. The summed E-state index contributed by atoms with van der Waals surface area (Å²) in [6.07, 6.45) is 4.54. The molecule has 5 heteroatoms. The second-order valence-electron chi connectivity index (χ2n) is 7.59. The molecule has 0 aromatic heterocycles. The van der Waals surface area contributed by atoms with Crippen LogP contribution in [0.3, 0.4) is 0 Å². The number of aryl methyl sites for hydroxylation is 1. The molecule has 140 valence electrons. The van der Waals surface area contributed by atoms with E-state index in [1.807, 2.05) is 19.1 Å². The summed E-state index contributed by atoms with van der Waals surface area (Å²) in [5, 5.41) is 12.9. The summed E-state index contributed by atoms with van der Waals surface area (Å²) in [6, 6.07) is 11.6. The van der Waals surface area contributed by atoms with Crippen LogP contribution in [0.25, 0.3) is 0 Å². The highest BCUT2D eigenvalue weighted by atomic mass is 16.5. The van der Waals surface area contributed by atoms with Gasteiger partial charge in [-0.3, -0.25) is 4.90 Å². The quantitative estimate of drug-likeness (QED) is 0.897. The molecule has 2 aliphatic rings. The van der Waals surface area contributed by atoms with Crippen molar-refractivity contribution < 1.29 is 9.53 Å². The average Bonchev–Trinajstić information content (AvgIpc) is 3.11. The van der Waals surface area contributed by atoms with Crippen LogP contribution < -0.4 is 5.32 Å². The summed E-state index contributed by atoms with van der Waals surface area (Å²) >= 11 is 0. The lowest BCUT2D eigenvalue weighted by molar-refractivity contribution is 0.143. The van der Waals surface area contributed by atoms with Crippen LogP contribution in [0.5, 0.6) is 0 Å². The molecular weight excluding hydrogens is 326 g/mol. The first kappa shape index (κ1) is 18.7. The minimum atomic E-state index is -0.343. The molecule has 1 aromatic rings. The van der Waals surface area contributed by atoms with Gasteiger partial charge < -0.3 is 10.1 Å². The van der Waals surface area contributed by atoms with Gasteiger partial charge in [-0.05, 0) is 57.1 Å². The Balaban J connectivity index is 1.58. The number of hydrogen-bond acceptors (Lipinski definition) is 4. The standard InChI is InChI=1S/C21H29N3O2/c1-3-26-20(25)23-17-10-13-24(14-17)18-8-11-21(15-22,12-9-18)19-7-5-4-6-16(19)2/h4-7,17-18H,3,8-14H2,1-2H3,(H,23,25)/t17-,18?,21?/m1/s1. The Morgan fingerprint density at radius 1 is 1.35 bits per heavy atom. The molecule has 26 heavy (non-hydrogen) atoms. The van der Waals surface area contributed by atoms with Gasteiger partial charge in [0.05, 0.1) is 18.1 Å². The largest absolute Gasteiger partial charge is 0.450 e. The Morgan fingerprint density at radius 2 is 2.08 bits per heavy atom. The second-order valence-corrected chi connectivity index (χ2v) is 7.59. The zero-order valence-electron chi connectivity index (χ0n) is 15.8. The Labute approximate surface area is 156 Å². The lowest BCUT2D eigenvalue weighted by Crippen LogP contribution is -2.43. The first-order valence-electron chi connectivity index (χ1n) is 9.72. The molecule has 0 unspecified atom stereocenters. The van der Waals surface area contributed by atoms with Gasteiger partial charge in [-0.15, -0.1) is 0 Å². The molecule has 1 heterocycles. The van der Waals surface area contributed by atoms with Crippen molar-refractivity contribution in [1.82, 2.24) is 10.2 Å². The number of likely N-dealkylation sites (tertiary alicyclic amines) is 1. The van der Waals surface area contributed by atoms with Gasteiger partial charge in [0.2, 0.25) is 0 Å². The van der Waals surface area contributed by atoms with E-state index in [1.54, 1.807) is 0 Å². The fourth-order valence-corrected chi connectivity index (χ4v) is 4.59. The summed E-state index contributed by atoms with van der Waals surface area (Å²) in [7, 11) is 0. The molecule has 2 fully saturated rings. The van der Waals surface area contributed by atoms with Crippen LogP contribution in [-0.4, -0.2) is 42.8 Å². The van der Waals surface area contributed by atoms with E-state index in [0.717, 1.165) is 45.2 Å². The van der Waals surface area contributed by atoms with E-state index in [1.165, 1.54) is 11.1 Å². The van der Waals surface area contributed by atoms with Crippen molar-refractivity contribution >= 4 is 6.09 Å². The maximum absolute atomic E-state index is 11.6. The Kier molecular flexibility index (Phi) is 5.83. The van der Waals surface area contributed by atoms with Crippen molar-refractivity contribution in [1.29, 1.82) is 5.26 Å². The number of ether oxygens (including phenoxy) is 1. The molecule has 1 atom stereocenters. The maximum atomic E-state index is 11.6. The van der Waals surface area contributed by atoms with Crippen molar-refractivity contribution in [3.63, 3.8) is 0 Å². The molecule has 1 saturated carbocycles. The molecule has 3 rings (SSSR count). The Hall–Kier alpha value is -2.06. The van der Waals surface area contributed by atoms with E-state index in [0.29, 0.717) is 12.6 Å². The third-order valence-electron chi connectivity index (χ3n) is 6.02. The number of alkyl carbamates (subject to hydrolysis) is 1. The van der Waals surface area contributed by atoms with Gasteiger partial charge in [-0.25, -0.2) is 4.79 Å². The van der Waals surface area contributed by atoms with Crippen molar-refractivity contribution in [3.05, 3.63) is 35.4 Å². The molecule has 0 radical (unpaired) electrons. The van der Waals surface area contributed by atoms with Crippen LogP contribution in [0.1, 0.15) is 50.2 Å². The molecule has 0 bridgehead atoms. The predicted octanol–water partition coefficient (Wildman–Crippen LogP) is 3.52. The van der Waals surface area contributed by atoms with Gasteiger partial charge in [-0.2, -0.15) is 5.26 Å². The fourth-order valence-electron chi connectivity index (χ4n) is 4.59. The van der Waals surface area contributed by atoms with Crippen LogP contribution in [0.15, 0.2) is 24.3 Å². The molecule has 1 aromatic carbocycles. The van der Waals surface area contributed by atoms with Crippen molar-refractivity contribution in [3.8, 4) is 6.07 Å². The summed E-state index contributed by atoms with van der Waals surface area (Å²) in [5.41, 5.74) is 2.07. The summed E-state index contributed by atoms with van der Waals surface area (Å²) < 4.78 is 4.98. The normalized spacial score (nSPS) is 29.1. The first-order chi connectivity index (χ1) is 12.6. The number of nitrogens with one attached hydrogen (secondary N) is 1. The van der Waals surface area contributed by atoms with Gasteiger partial charge in [0, 0.05) is 25.2 Å². The zero-order valence-corrected chi connectivity index (χ0v) is 15.8. The molecule has 1 saturated heterocycles. The van der Waals surface area contributed by atoms with Crippen LogP contribution in [0.4, 0.5) is 4.79 Å². The highest BCUT2D eigenvalue weighted by Gasteiger charge is 2.40. The van der Waals surface area contributed by atoms with E-state index in [-0.39, 0.29) is 17.6 Å². The Morgan fingerprint density at radius 3 is 2.73 bits per heavy atom. The number of nitrogens with zero attached hydrogens (tertiary/aromatic N) is 2. The third kappa shape index (κ3) is 3.86. The Bertz CT molecular complexity index is 674. The van der Waals surface area contributed by atoms with Crippen molar-refractivity contribution in [2.75, 3.05) is 19.7 Å². The highest BCUT2D eigenvalue weighted by Crippen LogP contribution is 2.42. The molecule has 1 aliphatic carbocycles. The average molecular weight is 355 g/mol. The molecule has 0 spiro atoms. The van der Waals surface area contributed by atoms with Gasteiger partial charge in [0.15, 0.2) is 0 Å². The van der Waals surface area contributed by atoms with Gasteiger partial charge >= 0.3 is 6.09 Å². The summed E-state index contributed by atoms with van der Waals surface area (Å²) in [6.45, 7) is 6.21. The number of amides is 1. The minimum Gasteiger partial charge on any atom is -0.450 e. The predicted molar refractivity (Wildman–Crippen MR) is 101 cm³/mol. The van der Waals surface area contributed by atoms with Crippen LogP contribution in [0.2, 0.25) is 0 Å². The van der Waals surface area contributed by atoms with Gasteiger partial charge in [0.25, 0.3) is 0 Å². The SMILES string of the molecule is CCOC(=O)N[C@@H]1CCN(C2CCC(C#N)(c3ccccc3C)CC2)C1. The lowest BCUT2D eigenvalue weighted by atomic mass is 9.68. The van der Waals surface area contributed by atoms with Crippen LogP contribution in [0, 0.1) is 18.3 Å². The van der Waals surface area contributed by atoms with Gasteiger partial charge in [-0.1, -0.05) is 24.3 Å². The lowest BCUT2D eigenvalue weighted by Gasteiger charge is -2.39. The summed E-state index contributed by atoms with van der Waals surface area (Å²) in [4.78, 5) is 14.1. The monoisotopic (exact) mass is 355 g/mol. The molecule has 1 N–H and O–H groups in total. The van der Waals surface area contributed by atoms with E-state index in [2.05, 4.69) is 35.3 Å². The van der Waals surface area contributed by atoms with Crippen molar-refractivity contribution in [2.45, 2.75) is 63.5 Å². The van der Waals surface area contributed by atoms with Crippen LogP contribution in [-0.2, 0) is 10.2 Å². The minimum absolute atomic E-state index is 0.174. The topological polar surface area (TPSA) is 65.4 Å². The molecule has 1 amide bonds. The zero-order chi connectivity index (χ0) is 18.6. The number of rotatable bonds is 4. The van der Waals surface area contributed by atoms with Crippen LogP contribution >= 0.6 is 0 Å². The highest BCUT2D eigenvalue weighted by molar-refractivity contribution is 5.67. The number of carbonyl (C=O) groups excluding carboxylic acids is 1. The smallest absolute Gasteiger partial charge is 0.407 e. The van der Waals surface area contributed by atoms with E-state index >= 15 is 0 Å². The fraction of sp³-hybridized carbons (Fsp3) is 0.619. The van der Waals surface area contributed by atoms with E-state index in [9.17, 15) is 10.1 Å². The number of hydrogen-bond donors (Lipinski definition) is 1. The van der Waals surface area contributed by atoms with E-state index < -0.39 is 0 Å². The maximum Gasteiger partial charge on any atom is 0.407 e. The third-order valence-corrected chi connectivity index (χ3v) is 6.02. The van der Waals surface area contributed by atoms with Crippen molar-refractivity contribution in [2.24, 2.45) is 0 Å². The molecule has 1 aliphatic heterocycles.